The number of hydrogen-bond acceptors (Lipinski definition) is 6. The number of pyridine rings is 1. The van der Waals surface area contributed by atoms with Crippen molar-refractivity contribution in [2.45, 2.75) is 0 Å². The SMILES string of the molecule is C=CC(=O)Nc1cccc(Oc2cnc3[nH]cc(-c4ccc(-c5ccc(C#N)cc5)nc4)c3n2)c1. The molecule has 0 aliphatic heterocycles. The van der Waals surface area contributed by atoms with Crippen LogP contribution in [0.4, 0.5) is 5.69 Å². The Morgan fingerprint density at radius 3 is 2.63 bits per heavy atom. The van der Waals surface area contributed by atoms with E-state index in [0.29, 0.717) is 34.0 Å². The lowest BCUT2D eigenvalue weighted by molar-refractivity contribution is -0.111. The number of nitriles is 1. The van der Waals surface area contributed by atoms with Crippen LogP contribution in [0.15, 0.2) is 91.9 Å². The normalized spacial score (nSPS) is 10.5. The van der Waals surface area contributed by atoms with Crippen molar-refractivity contribution in [3.8, 4) is 40.1 Å². The molecule has 8 nitrogen and oxygen atoms in total. The Bertz CT molecular complexity index is 1580. The first-order valence-corrected chi connectivity index (χ1v) is 10.7. The second kappa shape index (κ2) is 9.29. The summed E-state index contributed by atoms with van der Waals surface area (Å²) in [7, 11) is 0. The molecule has 8 heteroatoms. The van der Waals surface area contributed by atoms with E-state index in [4.69, 9.17) is 10.00 Å². The summed E-state index contributed by atoms with van der Waals surface area (Å²) < 4.78 is 5.90. The Kier molecular flexibility index (Phi) is 5.72. The second-order valence-electron chi connectivity index (χ2n) is 7.55. The molecule has 0 fully saturated rings. The number of H-pyrrole nitrogens is 1. The second-order valence-corrected chi connectivity index (χ2v) is 7.55. The Hall–Kier alpha value is -5.29. The fourth-order valence-corrected chi connectivity index (χ4v) is 3.54. The Balaban J connectivity index is 1.40. The highest BCUT2D eigenvalue weighted by Crippen LogP contribution is 2.30. The number of fused-ring (bicyclic) bond motifs is 1. The highest BCUT2D eigenvalue weighted by atomic mass is 16.5. The minimum atomic E-state index is -0.306. The van der Waals surface area contributed by atoms with Gasteiger partial charge in [0.2, 0.25) is 11.8 Å². The fraction of sp³-hybridized carbons (Fsp3) is 0. The van der Waals surface area contributed by atoms with Gasteiger partial charge >= 0.3 is 0 Å². The number of carbonyl (C=O) groups is 1. The third kappa shape index (κ3) is 4.60. The Labute approximate surface area is 200 Å². The van der Waals surface area contributed by atoms with Crippen LogP contribution in [0.3, 0.4) is 0 Å². The molecule has 0 spiro atoms. The van der Waals surface area contributed by atoms with Gasteiger partial charge in [-0.05, 0) is 36.4 Å². The van der Waals surface area contributed by atoms with Crippen LogP contribution in [0.25, 0.3) is 33.5 Å². The fourth-order valence-electron chi connectivity index (χ4n) is 3.54. The predicted molar refractivity (Wildman–Crippen MR) is 133 cm³/mol. The molecule has 1 amide bonds. The number of aromatic amines is 1. The van der Waals surface area contributed by atoms with Gasteiger partial charge in [-0.15, -0.1) is 0 Å². The van der Waals surface area contributed by atoms with Gasteiger partial charge in [0.25, 0.3) is 0 Å². The number of ether oxygens (including phenoxy) is 1. The molecule has 0 atom stereocenters. The lowest BCUT2D eigenvalue weighted by Crippen LogP contribution is -2.07. The summed E-state index contributed by atoms with van der Waals surface area (Å²) in [5, 5.41) is 11.7. The third-order valence-electron chi connectivity index (χ3n) is 5.25. The van der Waals surface area contributed by atoms with Gasteiger partial charge in [0, 0.05) is 40.8 Å². The number of nitrogens with zero attached hydrogens (tertiary/aromatic N) is 4. The van der Waals surface area contributed by atoms with Gasteiger partial charge in [0.15, 0.2) is 5.65 Å². The largest absolute Gasteiger partial charge is 0.437 e. The molecule has 0 saturated heterocycles. The van der Waals surface area contributed by atoms with E-state index in [1.165, 1.54) is 12.3 Å². The topological polar surface area (TPSA) is 117 Å². The van der Waals surface area contributed by atoms with Gasteiger partial charge in [-0.25, -0.2) is 9.97 Å². The van der Waals surface area contributed by atoms with Crippen LogP contribution in [0.1, 0.15) is 5.56 Å². The molecule has 3 aromatic heterocycles. The number of hydrogen-bond donors (Lipinski definition) is 2. The third-order valence-corrected chi connectivity index (χ3v) is 5.25. The quantitative estimate of drug-likeness (QED) is 0.326. The van der Waals surface area contributed by atoms with E-state index in [2.05, 4.69) is 37.9 Å². The van der Waals surface area contributed by atoms with Crippen molar-refractivity contribution in [2.75, 3.05) is 5.32 Å². The molecule has 0 unspecified atom stereocenters. The number of nitrogens with one attached hydrogen (secondary N) is 2. The van der Waals surface area contributed by atoms with E-state index in [0.717, 1.165) is 22.4 Å². The summed E-state index contributed by atoms with van der Waals surface area (Å²) in [6.07, 6.45) is 6.34. The lowest BCUT2D eigenvalue weighted by Gasteiger charge is -2.08. The van der Waals surface area contributed by atoms with Crippen molar-refractivity contribution in [1.82, 2.24) is 19.9 Å². The van der Waals surface area contributed by atoms with Gasteiger partial charge in [0.05, 0.1) is 23.5 Å². The highest BCUT2D eigenvalue weighted by Gasteiger charge is 2.12. The maximum atomic E-state index is 11.6. The first-order valence-electron chi connectivity index (χ1n) is 10.7. The van der Waals surface area contributed by atoms with Gasteiger partial charge in [-0.3, -0.25) is 9.78 Å². The summed E-state index contributed by atoms with van der Waals surface area (Å²) in [4.78, 5) is 28.3. The van der Waals surface area contributed by atoms with E-state index in [1.807, 2.05) is 30.5 Å². The van der Waals surface area contributed by atoms with Crippen LogP contribution >= 0.6 is 0 Å². The predicted octanol–water partition coefficient (Wildman–Crippen LogP) is 5.48. The minimum Gasteiger partial charge on any atom is -0.437 e. The van der Waals surface area contributed by atoms with Crippen molar-refractivity contribution in [3.63, 3.8) is 0 Å². The number of aromatic nitrogens is 4. The number of anilines is 1. The summed E-state index contributed by atoms with van der Waals surface area (Å²) in [5.41, 5.74) is 5.89. The Morgan fingerprint density at radius 2 is 1.89 bits per heavy atom. The standard InChI is InChI=1S/C27H18N6O2/c1-2-24(34)32-20-4-3-5-21(12-20)35-25-16-31-27-26(33-25)22(15-30-27)19-10-11-23(29-14-19)18-8-6-17(13-28)7-9-18/h2-12,14-16H,1H2,(H,30,31)(H,32,34). The van der Waals surface area contributed by atoms with Crippen LogP contribution in [0, 0.1) is 11.3 Å². The summed E-state index contributed by atoms with van der Waals surface area (Å²) in [6.45, 7) is 3.45. The summed E-state index contributed by atoms with van der Waals surface area (Å²) >= 11 is 0. The number of amides is 1. The lowest BCUT2D eigenvalue weighted by atomic mass is 10.1. The molecule has 5 rings (SSSR count). The molecule has 35 heavy (non-hydrogen) atoms. The first-order chi connectivity index (χ1) is 17.1. The average Bonchev–Trinajstić information content (AvgIpc) is 3.32. The van der Waals surface area contributed by atoms with Crippen LogP contribution < -0.4 is 10.1 Å². The smallest absolute Gasteiger partial charge is 0.247 e. The molecule has 0 aliphatic carbocycles. The van der Waals surface area contributed by atoms with Crippen LogP contribution in [-0.4, -0.2) is 25.8 Å². The monoisotopic (exact) mass is 458 g/mol. The van der Waals surface area contributed by atoms with Gasteiger partial charge in [-0.2, -0.15) is 5.26 Å². The molecule has 168 valence electrons. The molecule has 0 saturated carbocycles. The van der Waals surface area contributed by atoms with E-state index >= 15 is 0 Å². The van der Waals surface area contributed by atoms with Crippen LogP contribution in [-0.2, 0) is 4.79 Å². The van der Waals surface area contributed by atoms with Gasteiger partial charge in [0.1, 0.15) is 11.3 Å². The maximum absolute atomic E-state index is 11.6. The van der Waals surface area contributed by atoms with Crippen LogP contribution in [0.2, 0.25) is 0 Å². The molecule has 0 bridgehead atoms. The summed E-state index contributed by atoms with van der Waals surface area (Å²) in [5.74, 6) is 0.512. The zero-order valence-electron chi connectivity index (χ0n) is 18.4. The zero-order valence-corrected chi connectivity index (χ0v) is 18.4. The van der Waals surface area contributed by atoms with E-state index in [-0.39, 0.29) is 5.91 Å². The minimum absolute atomic E-state index is 0.306. The molecule has 5 aromatic rings. The highest BCUT2D eigenvalue weighted by molar-refractivity contribution is 5.99. The van der Waals surface area contributed by atoms with E-state index in [9.17, 15) is 4.79 Å². The van der Waals surface area contributed by atoms with Crippen molar-refractivity contribution < 1.29 is 9.53 Å². The van der Waals surface area contributed by atoms with Gasteiger partial charge in [-0.1, -0.05) is 30.8 Å². The van der Waals surface area contributed by atoms with E-state index in [1.54, 1.807) is 42.6 Å². The molecular weight excluding hydrogens is 440 g/mol. The van der Waals surface area contributed by atoms with Gasteiger partial charge < -0.3 is 15.0 Å². The van der Waals surface area contributed by atoms with Crippen molar-refractivity contribution >= 4 is 22.8 Å². The number of rotatable bonds is 6. The maximum Gasteiger partial charge on any atom is 0.247 e. The van der Waals surface area contributed by atoms with E-state index < -0.39 is 0 Å². The molecular formula is C27H18N6O2. The molecule has 2 aromatic carbocycles. The molecule has 0 radical (unpaired) electrons. The molecule has 0 aliphatic rings. The van der Waals surface area contributed by atoms with Crippen molar-refractivity contribution in [1.29, 1.82) is 5.26 Å². The number of benzene rings is 2. The average molecular weight is 458 g/mol. The molecule has 3 heterocycles. The summed E-state index contributed by atoms with van der Waals surface area (Å²) in [6, 6.07) is 20.3. The number of carbonyl (C=O) groups excluding carboxylic acids is 1. The Morgan fingerprint density at radius 1 is 1.06 bits per heavy atom. The van der Waals surface area contributed by atoms with Crippen molar-refractivity contribution in [2.24, 2.45) is 0 Å². The van der Waals surface area contributed by atoms with Crippen LogP contribution in [0.5, 0.6) is 11.6 Å². The first kappa shape index (κ1) is 21.6. The molecule has 2 N–H and O–H groups in total. The zero-order chi connectivity index (χ0) is 24.2. The van der Waals surface area contributed by atoms with Crippen molar-refractivity contribution in [3.05, 3.63) is 97.5 Å².